The smallest absolute Gasteiger partial charge is 0.349 e. The number of benzene rings is 3. The number of halogens is 2. The molecule has 0 fully saturated rings. The maximum Gasteiger partial charge on any atom is 0.349 e. The number of nitrogens with one attached hydrogen (secondary N) is 1. The molecule has 0 aliphatic rings. The van der Waals surface area contributed by atoms with Crippen LogP contribution in [0.15, 0.2) is 81.3 Å². The summed E-state index contributed by atoms with van der Waals surface area (Å²) in [6.45, 7) is 0.189. The summed E-state index contributed by atoms with van der Waals surface area (Å²) < 4.78 is 34.1. The molecule has 0 atom stereocenters. The van der Waals surface area contributed by atoms with Crippen LogP contribution in [0.3, 0.4) is 0 Å². The summed E-state index contributed by atoms with van der Waals surface area (Å²) in [6.07, 6.45) is 1.40. The van der Waals surface area contributed by atoms with E-state index in [1.54, 1.807) is 0 Å². The van der Waals surface area contributed by atoms with Gasteiger partial charge in [0.25, 0.3) is 5.56 Å². The lowest BCUT2D eigenvalue weighted by molar-refractivity contribution is 0.435. The van der Waals surface area contributed by atoms with Crippen LogP contribution < -0.4 is 16.0 Å². The number of ether oxygens (including phenoxy) is 1. The number of aromatic hydroxyl groups is 1. The van der Waals surface area contributed by atoms with Crippen molar-refractivity contribution in [2.24, 2.45) is 0 Å². The zero-order chi connectivity index (χ0) is 26.7. The summed E-state index contributed by atoms with van der Waals surface area (Å²) in [4.78, 5) is 25.0. The van der Waals surface area contributed by atoms with Crippen LogP contribution in [0.25, 0.3) is 5.69 Å². The third kappa shape index (κ3) is 5.86. The Bertz CT molecular complexity index is 1650. The van der Waals surface area contributed by atoms with Crippen LogP contribution in [0.1, 0.15) is 5.56 Å². The second-order valence-corrected chi connectivity index (χ2v) is 10.7. The molecule has 4 rings (SSSR count). The Kier molecular flexibility index (Phi) is 7.69. The van der Waals surface area contributed by atoms with E-state index in [0.29, 0.717) is 6.42 Å². The minimum absolute atomic E-state index is 0.0140. The highest BCUT2D eigenvalue weighted by molar-refractivity contribution is 7.89. The summed E-state index contributed by atoms with van der Waals surface area (Å²) in [6, 6.07) is 15.8. The monoisotopic (exact) mass is 562 g/mol. The molecule has 0 aliphatic carbocycles. The van der Waals surface area contributed by atoms with Crippen molar-refractivity contribution in [2.75, 3.05) is 13.6 Å². The van der Waals surface area contributed by atoms with Crippen LogP contribution in [0.2, 0.25) is 10.0 Å². The number of phenols is 1. The van der Waals surface area contributed by atoms with E-state index in [1.807, 2.05) is 30.3 Å². The SMILES string of the molecule is CN(CCc1ccccc1)S(=O)(=O)c1cc(Oc2c(Cl)cc(-n3ncc(=O)[nH]c3=O)cc2Cl)ccc1O. The van der Waals surface area contributed by atoms with Gasteiger partial charge in [-0.3, -0.25) is 9.78 Å². The molecule has 0 aliphatic heterocycles. The van der Waals surface area contributed by atoms with E-state index >= 15 is 0 Å². The molecule has 192 valence electrons. The van der Waals surface area contributed by atoms with Crippen molar-refractivity contribution in [3.63, 3.8) is 0 Å². The van der Waals surface area contributed by atoms with Gasteiger partial charge in [0.2, 0.25) is 10.0 Å². The lowest BCUT2D eigenvalue weighted by atomic mass is 10.2. The van der Waals surface area contributed by atoms with E-state index in [1.165, 1.54) is 31.3 Å². The highest BCUT2D eigenvalue weighted by Crippen LogP contribution is 2.39. The number of hydrogen-bond acceptors (Lipinski definition) is 7. The molecular formula is C24H20Cl2N4O6S. The van der Waals surface area contributed by atoms with Gasteiger partial charge >= 0.3 is 5.69 Å². The zero-order valence-corrected chi connectivity index (χ0v) is 21.6. The van der Waals surface area contributed by atoms with E-state index in [-0.39, 0.29) is 38.7 Å². The summed E-state index contributed by atoms with van der Waals surface area (Å²) in [5, 5.41) is 14.0. The molecular weight excluding hydrogens is 543 g/mol. The largest absolute Gasteiger partial charge is 0.507 e. The molecule has 0 unspecified atom stereocenters. The lowest BCUT2D eigenvalue weighted by Crippen LogP contribution is -2.30. The molecule has 4 aromatic rings. The van der Waals surface area contributed by atoms with Crippen LogP contribution in [0.5, 0.6) is 17.2 Å². The Hall–Kier alpha value is -3.64. The molecule has 0 bridgehead atoms. The van der Waals surface area contributed by atoms with Gasteiger partial charge in [0, 0.05) is 19.7 Å². The number of phenolic OH excluding ortho intramolecular Hbond substituents is 1. The predicted octanol–water partition coefficient (Wildman–Crippen LogP) is 3.59. The van der Waals surface area contributed by atoms with E-state index in [9.17, 15) is 23.1 Å². The molecule has 2 N–H and O–H groups in total. The fourth-order valence-electron chi connectivity index (χ4n) is 3.41. The quantitative estimate of drug-likeness (QED) is 0.335. The highest BCUT2D eigenvalue weighted by Gasteiger charge is 2.25. The minimum Gasteiger partial charge on any atom is -0.507 e. The number of rotatable bonds is 8. The van der Waals surface area contributed by atoms with Crippen LogP contribution >= 0.6 is 23.2 Å². The van der Waals surface area contributed by atoms with Crippen molar-refractivity contribution in [2.45, 2.75) is 11.3 Å². The Morgan fingerprint density at radius 1 is 1.05 bits per heavy atom. The van der Waals surface area contributed by atoms with Crippen molar-refractivity contribution in [1.82, 2.24) is 19.1 Å². The van der Waals surface area contributed by atoms with Crippen LogP contribution in [-0.4, -0.2) is 46.2 Å². The number of H-pyrrole nitrogens is 1. The summed E-state index contributed by atoms with van der Waals surface area (Å²) in [5.74, 6) is -0.422. The molecule has 13 heteroatoms. The summed E-state index contributed by atoms with van der Waals surface area (Å²) >= 11 is 12.7. The Morgan fingerprint density at radius 2 is 1.73 bits per heavy atom. The van der Waals surface area contributed by atoms with Crippen LogP contribution in [0.4, 0.5) is 0 Å². The molecule has 10 nitrogen and oxygen atoms in total. The normalized spacial score (nSPS) is 11.6. The fourth-order valence-corrected chi connectivity index (χ4v) is 5.22. The van der Waals surface area contributed by atoms with E-state index in [2.05, 4.69) is 10.1 Å². The number of aromatic amines is 1. The van der Waals surface area contributed by atoms with Crippen LogP contribution in [-0.2, 0) is 16.4 Å². The summed E-state index contributed by atoms with van der Waals surface area (Å²) in [5.41, 5.74) is -0.323. The van der Waals surface area contributed by atoms with Gasteiger partial charge in [0.15, 0.2) is 5.75 Å². The van der Waals surface area contributed by atoms with Crippen molar-refractivity contribution in [1.29, 1.82) is 0 Å². The molecule has 1 aromatic heterocycles. The standard InChI is InChI=1S/C24H20Cl2N4O6S/c1-29(10-9-15-5-3-2-4-6-15)37(34,35)21-13-17(7-8-20(21)31)36-23-18(25)11-16(12-19(23)26)30-24(33)28-22(32)14-27-30/h2-8,11-14,31H,9-10H2,1H3,(H,28,32,33). The van der Waals surface area contributed by atoms with Gasteiger partial charge in [-0.1, -0.05) is 53.5 Å². The average molecular weight is 563 g/mol. The average Bonchev–Trinajstić information content (AvgIpc) is 2.86. The maximum atomic E-state index is 13.2. The van der Waals surface area contributed by atoms with Crippen molar-refractivity contribution >= 4 is 33.2 Å². The van der Waals surface area contributed by atoms with Gasteiger partial charge < -0.3 is 9.84 Å². The van der Waals surface area contributed by atoms with Gasteiger partial charge in [0.05, 0.1) is 15.7 Å². The van der Waals surface area contributed by atoms with E-state index in [4.69, 9.17) is 27.9 Å². The van der Waals surface area contributed by atoms with Crippen molar-refractivity contribution in [3.05, 3.63) is 103 Å². The van der Waals surface area contributed by atoms with Crippen molar-refractivity contribution < 1.29 is 18.3 Å². The molecule has 0 saturated carbocycles. The van der Waals surface area contributed by atoms with Crippen LogP contribution in [0, 0.1) is 0 Å². The lowest BCUT2D eigenvalue weighted by Gasteiger charge is -2.19. The number of sulfonamides is 1. The predicted molar refractivity (Wildman–Crippen MR) is 139 cm³/mol. The number of nitrogens with zero attached hydrogens (tertiary/aromatic N) is 3. The fraction of sp³-hybridized carbons (Fsp3) is 0.125. The summed E-state index contributed by atoms with van der Waals surface area (Å²) in [7, 11) is -2.64. The molecule has 3 aromatic carbocycles. The first-order valence-electron chi connectivity index (χ1n) is 10.8. The third-order valence-corrected chi connectivity index (χ3v) is 7.79. The minimum atomic E-state index is -4.06. The van der Waals surface area contributed by atoms with Gasteiger partial charge in [-0.05, 0) is 36.2 Å². The molecule has 0 radical (unpaired) electrons. The van der Waals surface area contributed by atoms with E-state index in [0.717, 1.165) is 26.8 Å². The maximum absolute atomic E-state index is 13.2. The second kappa shape index (κ2) is 10.8. The van der Waals surface area contributed by atoms with Crippen molar-refractivity contribution in [3.8, 4) is 22.9 Å². The van der Waals surface area contributed by atoms with Gasteiger partial charge in [-0.25, -0.2) is 17.5 Å². The third-order valence-electron chi connectivity index (χ3n) is 5.34. The van der Waals surface area contributed by atoms with Gasteiger partial charge in [-0.15, -0.1) is 0 Å². The topological polar surface area (TPSA) is 135 Å². The highest BCUT2D eigenvalue weighted by atomic mass is 35.5. The number of likely N-dealkylation sites (N-methyl/N-ethyl adjacent to an activating group) is 1. The van der Waals surface area contributed by atoms with Gasteiger partial charge in [0.1, 0.15) is 22.6 Å². The number of aromatic nitrogens is 3. The Balaban J connectivity index is 1.60. The first-order valence-corrected chi connectivity index (χ1v) is 12.9. The number of hydrogen-bond donors (Lipinski definition) is 2. The Labute approximate surface area is 221 Å². The zero-order valence-electron chi connectivity index (χ0n) is 19.3. The molecule has 0 spiro atoms. The molecule has 37 heavy (non-hydrogen) atoms. The molecule has 0 saturated heterocycles. The second-order valence-electron chi connectivity index (χ2n) is 7.88. The van der Waals surface area contributed by atoms with Gasteiger partial charge in [-0.2, -0.15) is 9.78 Å². The first kappa shape index (κ1) is 26.4. The molecule has 0 amide bonds. The van der Waals surface area contributed by atoms with E-state index < -0.39 is 27.0 Å². The molecule has 1 heterocycles. The first-order chi connectivity index (χ1) is 17.6. The Morgan fingerprint density at radius 3 is 2.38 bits per heavy atom.